The van der Waals surface area contributed by atoms with Crippen LogP contribution in [0.2, 0.25) is 0 Å². The van der Waals surface area contributed by atoms with Crippen LogP contribution in [0.25, 0.3) is 0 Å². The minimum Gasteiger partial charge on any atom is -0.352 e. The molecule has 1 heterocycles. The van der Waals surface area contributed by atoms with E-state index >= 15 is 0 Å². The fourth-order valence-corrected chi connectivity index (χ4v) is 2.43. The molecular weight excluding hydrogens is 269 g/mol. The van der Waals surface area contributed by atoms with Gasteiger partial charge in [-0.25, -0.2) is 4.39 Å². The number of amides is 1. The summed E-state index contributed by atoms with van der Waals surface area (Å²) in [7, 11) is 0. The van der Waals surface area contributed by atoms with Gasteiger partial charge in [0.1, 0.15) is 5.82 Å². The van der Waals surface area contributed by atoms with Crippen molar-refractivity contribution in [1.29, 1.82) is 0 Å². The summed E-state index contributed by atoms with van der Waals surface area (Å²) in [5.41, 5.74) is 0.424. The Morgan fingerprint density at radius 1 is 1.39 bits per heavy atom. The van der Waals surface area contributed by atoms with Gasteiger partial charge in [0.15, 0.2) is 0 Å². The highest BCUT2D eigenvalue weighted by Crippen LogP contribution is 2.14. The normalized spacial score (nSPS) is 10.3. The topological polar surface area (TPSA) is 29.1 Å². The predicted molar refractivity (Wildman–Crippen MR) is 74.0 cm³/mol. The van der Waals surface area contributed by atoms with Crippen LogP contribution in [0.4, 0.5) is 4.39 Å². The van der Waals surface area contributed by atoms with Gasteiger partial charge in [0.2, 0.25) is 0 Å². The van der Waals surface area contributed by atoms with Gasteiger partial charge in [-0.2, -0.15) is 0 Å². The Morgan fingerprint density at radius 2 is 2.22 bits per heavy atom. The number of hydrogen-bond acceptors (Lipinski definition) is 3. The summed E-state index contributed by atoms with van der Waals surface area (Å²) in [5, 5.41) is 4.80. The minimum atomic E-state index is -0.423. The van der Waals surface area contributed by atoms with Gasteiger partial charge in [0.05, 0.1) is 0 Å². The zero-order chi connectivity index (χ0) is 13.0. The monoisotopic (exact) mass is 281 g/mol. The Bertz CT molecular complexity index is 540. The van der Waals surface area contributed by atoms with Crippen LogP contribution < -0.4 is 5.32 Å². The van der Waals surface area contributed by atoms with Crippen molar-refractivity contribution in [2.24, 2.45) is 0 Å². The number of carbonyl (C=O) groups is 1. The Hall–Kier alpha value is -1.33. The molecule has 1 amide bonds. The number of benzene rings is 1. The number of thiol groups is 1. The maximum atomic E-state index is 13.0. The second-order valence-electron chi connectivity index (χ2n) is 3.75. The van der Waals surface area contributed by atoms with Gasteiger partial charge >= 0.3 is 0 Å². The van der Waals surface area contributed by atoms with Crippen LogP contribution in [0.1, 0.15) is 15.2 Å². The molecule has 0 unspecified atom stereocenters. The molecule has 0 aliphatic carbocycles. The maximum absolute atomic E-state index is 13.0. The van der Waals surface area contributed by atoms with Crippen LogP contribution in [0.3, 0.4) is 0 Å². The number of carbonyl (C=O) groups excluding carboxylic acids is 1. The lowest BCUT2D eigenvalue weighted by molar-refractivity contribution is 0.0954. The van der Waals surface area contributed by atoms with Crippen LogP contribution in [-0.2, 0) is 6.42 Å². The third-order valence-corrected chi connectivity index (χ3v) is 3.72. The highest BCUT2D eigenvalue weighted by atomic mass is 32.1. The molecule has 0 bridgehead atoms. The smallest absolute Gasteiger partial charge is 0.251 e. The molecule has 0 atom stereocenters. The molecule has 0 saturated carbocycles. The van der Waals surface area contributed by atoms with Crippen molar-refractivity contribution in [3.8, 4) is 0 Å². The van der Waals surface area contributed by atoms with Crippen molar-refractivity contribution in [2.45, 2.75) is 11.3 Å². The van der Waals surface area contributed by atoms with Crippen LogP contribution in [-0.4, -0.2) is 12.5 Å². The molecule has 0 radical (unpaired) electrons. The van der Waals surface area contributed by atoms with Crippen molar-refractivity contribution in [1.82, 2.24) is 5.32 Å². The molecule has 18 heavy (non-hydrogen) atoms. The maximum Gasteiger partial charge on any atom is 0.251 e. The van der Waals surface area contributed by atoms with Gasteiger partial charge in [0.25, 0.3) is 5.91 Å². The van der Waals surface area contributed by atoms with Crippen LogP contribution in [0, 0.1) is 5.82 Å². The fraction of sp³-hybridized carbons (Fsp3) is 0.154. The summed E-state index contributed by atoms with van der Waals surface area (Å²) in [6, 6.07) is 8.14. The first-order chi connectivity index (χ1) is 8.66. The number of rotatable bonds is 4. The van der Waals surface area contributed by atoms with E-state index in [4.69, 9.17) is 0 Å². The van der Waals surface area contributed by atoms with Crippen molar-refractivity contribution >= 4 is 29.9 Å². The second-order valence-corrected chi connectivity index (χ2v) is 5.27. The number of nitrogens with one attached hydrogen (secondary N) is 1. The molecule has 0 saturated heterocycles. The average molecular weight is 281 g/mol. The van der Waals surface area contributed by atoms with Crippen LogP contribution in [0.5, 0.6) is 0 Å². The highest BCUT2D eigenvalue weighted by molar-refractivity contribution is 7.80. The van der Waals surface area contributed by atoms with E-state index in [9.17, 15) is 9.18 Å². The molecule has 0 spiro atoms. The molecule has 2 nitrogen and oxygen atoms in total. The van der Waals surface area contributed by atoms with E-state index in [2.05, 4.69) is 17.9 Å². The van der Waals surface area contributed by atoms with E-state index in [0.717, 1.165) is 6.42 Å². The number of hydrogen-bond donors (Lipinski definition) is 2. The summed E-state index contributed by atoms with van der Waals surface area (Å²) < 4.78 is 13.0. The first kappa shape index (κ1) is 13.1. The summed E-state index contributed by atoms with van der Waals surface area (Å²) >= 11 is 5.61. The van der Waals surface area contributed by atoms with Crippen molar-refractivity contribution in [3.05, 3.63) is 52.0 Å². The van der Waals surface area contributed by atoms with Crippen molar-refractivity contribution in [2.75, 3.05) is 6.54 Å². The molecule has 5 heteroatoms. The van der Waals surface area contributed by atoms with Gasteiger partial charge in [0, 0.05) is 21.9 Å². The van der Waals surface area contributed by atoms with Gasteiger partial charge in [-0.15, -0.1) is 24.0 Å². The largest absolute Gasteiger partial charge is 0.352 e. The van der Waals surface area contributed by atoms with Crippen molar-refractivity contribution in [3.63, 3.8) is 0 Å². The molecule has 1 aromatic carbocycles. The minimum absolute atomic E-state index is 0.181. The molecule has 0 fully saturated rings. The zero-order valence-electron chi connectivity index (χ0n) is 9.52. The van der Waals surface area contributed by atoms with Gasteiger partial charge in [-0.1, -0.05) is 6.07 Å². The van der Waals surface area contributed by atoms with E-state index in [0.29, 0.717) is 12.1 Å². The zero-order valence-corrected chi connectivity index (χ0v) is 11.2. The van der Waals surface area contributed by atoms with E-state index in [1.54, 1.807) is 11.3 Å². The first-order valence-corrected chi connectivity index (χ1v) is 6.78. The van der Waals surface area contributed by atoms with Crippen LogP contribution in [0.15, 0.2) is 40.6 Å². The number of halogens is 1. The quantitative estimate of drug-likeness (QED) is 0.828. The number of thiophene rings is 1. The van der Waals surface area contributed by atoms with E-state index in [-0.39, 0.29) is 10.8 Å². The third kappa shape index (κ3) is 3.34. The average Bonchev–Trinajstić information content (AvgIpc) is 2.85. The van der Waals surface area contributed by atoms with E-state index in [1.807, 2.05) is 17.5 Å². The lowest BCUT2D eigenvalue weighted by Crippen LogP contribution is -2.25. The third-order valence-electron chi connectivity index (χ3n) is 2.45. The summed E-state index contributed by atoms with van der Waals surface area (Å²) in [6.07, 6.45) is 0.804. The second kappa shape index (κ2) is 6.02. The van der Waals surface area contributed by atoms with E-state index in [1.165, 1.54) is 23.1 Å². The van der Waals surface area contributed by atoms with Gasteiger partial charge in [-0.3, -0.25) is 4.79 Å². The Labute approximate surface area is 114 Å². The molecular formula is C13H12FNOS2. The molecule has 1 N–H and O–H groups in total. The van der Waals surface area contributed by atoms with Gasteiger partial charge in [-0.05, 0) is 36.1 Å². The SMILES string of the molecule is O=C(NCCc1cccs1)c1ccc(F)c(S)c1. The highest BCUT2D eigenvalue weighted by Gasteiger charge is 2.07. The fourth-order valence-electron chi connectivity index (χ4n) is 1.51. The lowest BCUT2D eigenvalue weighted by atomic mass is 10.2. The Morgan fingerprint density at radius 3 is 2.89 bits per heavy atom. The van der Waals surface area contributed by atoms with E-state index < -0.39 is 5.82 Å². The molecule has 1 aromatic heterocycles. The van der Waals surface area contributed by atoms with Crippen LogP contribution >= 0.6 is 24.0 Å². The van der Waals surface area contributed by atoms with Gasteiger partial charge < -0.3 is 5.32 Å². The molecule has 94 valence electrons. The Balaban J connectivity index is 1.89. The molecule has 2 rings (SSSR count). The summed E-state index contributed by atoms with van der Waals surface area (Å²) in [5.74, 6) is -0.629. The lowest BCUT2D eigenvalue weighted by Gasteiger charge is -2.05. The summed E-state index contributed by atoms with van der Waals surface area (Å²) in [6.45, 7) is 0.568. The predicted octanol–water partition coefficient (Wildman–Crippen LogP) is 3.15. The standard InChI is InChI=1S/C13H12FNOS2/c14-11-4-3-9(8-12(11)17)13(16)15-6-5-10-2-1-7-18-10/h1-4,7-8,17H,5-6H2,(H,15,16). The summed E-state index contributed by atoms with van der Waals surface area (Å²) in [4.78, 5) is 13.2. The Kier molecular flexibility index (Phi) is 4.38. The first-order valence-electron chi connectivity index (χ1n) is 5.46. The van der Waals surface area contributed by atoms with Crippen molar-refractivity contribution < 1.29 is 9.18 Å². The molecule has 0 aliphatic heterocycles. The molecule has 0 aliphatic rings. The molecule has 2 aromatic rings.